The van der Waals surface area contributed by atoms with Crippen molar-refractivity contribution in [3.63, 3.8) is 0 Å². The van der Waals surface area contributed by atoms with Gasteiger partial charge in [0.05, 0.1) is 24.4 Å². The Bertz CT molecular complexity index is 389. The molecule has 1 saturated heterocycles. The predicted molar refractivity (Wildman–Crippen MR) is 70.5 cm³/mol. The lowest BCUT2D eigenvalue weighted by atomic mass is 9.89. The van der Waals surface area contributed by atoms with E-state index in [4.69, 9.17) is 15.2 Å². The molecule has 2 atom stereocenters. The van der Waals surface area contributed by atoms with E-state index < -0.39 is 0 Å². The molecule has 2 rings (SSSR count). The standard InChI is InChI=1S/C14H22N2O2/c1-3-6-17-12-8-11(9-16-10-12)13(15)14(2)5-4-7-18-14/h8-10,13H,3-7,15H2,1-2H3. The molecule has 18 heavy (non-hydrogen) atoms. The highest BCUT2D eigenvalue weighted by Gasteiger charge is 2.37. The summed E-state index contributed by atoms with van der Waals surface area (Å²) in [6.07, 6.45) is 6.58. The van der Waals surface area contributed by atoms with Crippen LogP contribution in [0.4, 0.5) is 0 Å². The first-order valence-corrected chi connectivity index (χ1v) is 6.63. The molecule has 0 aromatic carbocycles. The van der Waals surface area contributed by atoms with Crippen LogP contribution >= 0.6 is 0 Å². The van der Waals surface area contributed by atoms with E-state index in [1.54, 1.807) is 12.4 Å². The highest BCUT2D eigenvalue weighted by Crippen LogP contribution is 2.36. The average molecular weight is 250 g/mol. The number of hydrogen-bond acceptors (Lipinski definition) is 4. The zero-order valence-electron chi connectivity index (χ0n) is 11.2. The summed E-state index contributed by atoms with van der Waals surface area (Å²) in [5, 5.41) is 0. The van der Waals surface area contributed by atoms with Crippen LogP contribution in [0.2, 0.25) is 0 Å². The quantitative estimate of drug-likeness (QED) is 0.872. The van der Waals surface area contributed by atoms with Crippen LogP contribution in [0.25, 0.3) is 0 Å². The van der Waals surface area contributed by atoms with E-state index in [0.29, 0.717) is 6.61 Å². The van der Waals surface area contributed by atoms with E-state index in [2.05, 4.69) is 18.8 Å². The van der Waals surface area contributed by atoms with E-state index in [1.165, 1.54) is 0 Å². The monoisotopic (exact) mass is 250 g/mol. The lowest BCUT2D eigenvalue weighted by molar-refractivity contribution is -0.00186. The third-order valence-electron chi connectivity index (χ3n) is 3.47. The predicted octanol–water partition coefficient (Wildman–Crippen LogP) is 2.44. The van der Waals surface area contributed by atoms with Gasteiger partial charge in [0, 0.05) is 12.8 Å². The summed E-state index contributed by atoms with van der Waals surface area (Å²) in [5.74, 6) is 0.784. The van der Waals surface area contributed by atoms with E-state index in [9.17, 15) is 0 Å². The fourth-order valence-electron chi connectivity index (χ4n) is 2.30. The van der Waals surface area contributed by atoms with Crippen LogP contribution in [0, 0.1) is 0 Å². The molecule has 1 aliphatic rings. The molecule has 2 unspecified atom stereocenters. The Balaban J connectivity index is 2.12. The summed E-state index contributed by atoms with van der Waals surface area (Å²) in [4.78, 5) is 4.20. The summed E-state index contributed by atoms with van der Waals surface area (Å²) < 4.78 is 11.4. The minimum atomic E-state index is -0.273. The summed E-state index contributed by atoms with van der Waals surface area (Å²) in [5.41, 5.74) is 7.02. The van der Waals surface area contributed by atoms with Gasteiger partial charge < -0.3 is 15.2 Å². The van der Waals surface area contributed by atoms with Gasteiger partial charge in [-0.3, -0.25) is 4.98 Å². The van der Waals surface area contributed by atoms with Crippen LogP contribution in [0.3, 0.4) is 0 Å². The van der Waals surface area contributed by atoms with Crippen molar-refractivity contribution in [2.75, 3.05) is 13.2 Å². The van der Waals surface area contributed by atoms with Crippen LogP contribution in [0.15, 0.2) is 18.5 Å². The van der Waals surface area contributed by atoms with Crippen LogP contribution in [-0.4, -0.2) is 23.8 Å². The summed E-state index contributed by atoms with van der Waals surface area (Å²) >= 11 is 0. The van der Waals surface area contributed by atoms with Gasteiger partial charge in [-0.15, -0.1) is 0 Å². The largest absolute Gasteiger partial charge is 0.492 e. The first-order valence-electron chi connectivity index (χ1n) is 6.63. The van der Waals surface area contributed by atoms with Gasteiger partial charge in [-0.25, -0.2) is 0 Å². The van der Waals surface area contributed by atoms with Crippen molar-refractivity contribution in [2.24, 2.45) is 5.73 Å². The highest BCUT2D eigenvalue weighted by atomic mass is 16.5. The molecule has 4 nitrogen and oxygen atoms in total. The maximum Gasteiger partial charge on any atom is 0.137 e. The Morgan fingerprint density at radius 3 is 3.06 bits per heavy atom. The maximum absolute atomic E-state index is 6.31. The molecule has 0 radical (unpaired) electrons. The minimum absolute atomic E-state index is 0.155. The average Bonchev–Trinajstić information content (AvgIpc) is 2.84. The zero-order valence-corrected chi connectivity index (χ0v) is 11.2. The van der Waals surface area contributed by atoms with Crippen molar-refractivity contribution >= 4 is 0 Å². The summed E-state index contributed by atoms with van der Waals surface area (Å²) in [7, 11) is 0. The molecule has 1 aromatic rings. The molecule has 100 valence electrons. The molecule has 1 fully saturated rings. The third kappa shape index (κ3) is 2.82. The Kier molecular flexibility index (Phi) is 4.19. The molecule has 0 spiro atoms. The SMILES string of the molecule is CCCOc1cncc(C(N)C2(C)CCCO2)c1. The van der Waals surface area contributed by atoms with Gasteiger partial charge in [0.25, 0.3) is 0 Å². The molecule has 0 saturated carbocycles. The van der Waals surface area contributed by atoms with Gasteiger partial charge in [-0.1, -0.05) is 6.92 Å². The Labute approximate surface area is 108 Å². The van der Waals surface area contributed by atoms with Crippen molar-refractivity contribution in [1.29, 1.82) is 0 Å². The molecule has 2 heterocycles. The van der Waals surface area contributed by atoms with Gasteiger partial charge in [0.15, 0.2) is 0 Å². The van der Waals surface area contributed by atoms with Crippen molar-refractivity contribution < 1.29 is 9.47 Å². The normalized spacial score (nSPS) is 25.1. The molecule has 4 heteroatoms. The van der Waals surface area contributed by atoms with Crippen molar-refractivity contribution in [3.05, 3.63) is 24.0 Å². The molecule has 2 N–H and O–H groups in total. The smallest absolute Gasteiger partial charge is 0.137 e. The number of nitrogens with two attached hydrogens (primary N) is 1. The fraction of sp³-hybridized carbons (Fsp3) is 0.643. The van der Waals surface area contributed by atoms with E-state index in [0.717, 1.165) is 37.2 Å². The number of ether oxygens (including phenoxy) is 2. The molecule has 1 aromatic heterocycles. The molecule has 0 bridgehead atoms. The number of nitrogens with zero attached hydrogens (tertiary/aromatic N) is 1. The van der Waals surface area contributed by atoms with Crippen molar-refractivity contribution in [3.8, 4) is 5.75 Å². The van der Waals surface area contributed by atoms with Crippen LogP contribution in [0.5, 0.6) is 5.75 Å². The summed E-state index contributed by atoms with van der Waals surface area (Å²) in [6, 6.07) is 1.82. The topological polar surface area (TPSA) is 57.4 Å². The number of pyridine rings is 1. The number of aromatic nitrogens is 1. The molecule has 1 aliphatic heterocycles. The lowest BCUT2D eigenvalue weighted by Gasteiger charge is -2.30. The van der Waals surface area contributed by atoms with Crippen molar-refractivity contribution in [1.82, 2.24) is 4.98 Å². The minimum Gasteiger partial charge on any atom is -0.492 e. The Hall–Kier alpha value is -1.13. The van der Waals surface area contributed by atoms with Crippen LogP contribution in [-0.2, 0) is 4.74 Å². The molecular formula is C14H22N2O2. The summed E-state index contributed by atoms with van der Waals surface area (Å²) in [6.45, 7) is 5.65. The molecule has 0 aliphatic carbocycles. The van der Waals surface area contributed by atoms with Gasteiger partial charge in [0.2, 0.25) is 0 Å². The maximum atomic E-state index is 6.31. The Morgan fingerprint density at radius 2 is 2.39 bits per heavy atom. The first kappa shape index (κ1) is 13.3. The fourth-order valence-corrected chi connectivity index (χ4v) is 2.30. The van der Waals surface area contributed by atoms with Crippen LogP contribution in [0.1, 0.15) is 44.7 Å². The zero-order chi connectivity index (χ0) is 13.0. The second-order valence-corrected chi connectivity index (χ2v) is 5.04. The van der Waals surface area contributed by atoms with Crippen molar-refractivity contribution in [2.45, 2.75) is 44.8 Å². The van der Waals surface area contributed by atoms with E-state index >= 15 is 0 Å². The third-order valence-corrected chi connectivity index (χ3v) is 3.47. The van der Waals surface area contributed by atoms with Gasteiger partial charge in [-0.05, 0) is 37.8 Å². The number of rotatable bonds is 5. The highest BCUT2D eigenvalue weighted by molar-refractivity contribution is 5.27. The second-order valence-electron chi connectivity index (χ2n) is 5.04. The van der Waals surface area contributed by atoms with E-state index in [-0.39, 0.29) is 11.6 Å². The molecule has 0 amide bonds. The second kappa shape index (κ2) is 5.67. The van der Waals surface area contributed by atoms with Crippen LogP contribution < -0.4 is 10.5 Å². The Morgan fingerprint density at radius 1 is 1.56 bits per heavy atom. The van der Waals surface area contributed by atoms with Gasteiger partial charge in [0.1, 0.15) is 5.75 Å². The van der Waals surface area contributed by atoms with Gasteiger partial charge in [-0.2, -0.15) is 0 Å². The first-order chi connectivity index (χ1) is 8.65. The molecular weight excluding hydrogens is 228 g/mol. The number of hydrogen-bond donors (Lipinski definition) is 1. The lowest BCUT2D eigenvalue weighted by Crippen LogP contribution is -2.37. The van der Waals surface area contributed by atoms with E-state index in [1.807, 2.05) is 6.07 Å². The van der Waals surface area contributed by atoms with Gasteiger partial charge >= 0.3 is 0 Å².